The molecule has 0 unspecified atom stereocenters. The van der Waals surface area contributed by atoms with Gasteiger partial charge in [-0.25, -0.2) is 0 Å². The van der Waals surface area contributed by atoms with Gasteiger partial charge >= 0.3 is 0 Å². The normalized spacial score (nSPS) is 37.5. The SMILES string of the molecule is CS1(C)[B]S(C)(C)[B]1. The van der Waals surface area contributed by atoms with Crippen LogP contribution in [-0.2, 0) is 0 Å². The minimum absolute atomic E-state index is 0.302. The third kappa shape index (κ3) is 1.41. The molecule has 0 nitrogen and oxygen atoms in total. The van der Waals surface area contributed by atoms with E-state index in [1.54, 1.807) is 0 Å². The van der Waals surface area contributed by atoms with Gasteiger partial charge in [0, 0.05) is 0 Å². The van der Waals surface area contributed by atoms with Crippen LogP contribution >= 0.6 is 19.5 Å². The molecular formula is C4H12B2S2. The highest BCUT2D eigenvalue weighted by atomic mass is 32.4. The first-order valence-electron chi connectivity index (χ1n) is 2.58. The zero-order chi connectivity index (χ0) is 6.41. The number of hydrogen-bond acceptors (Lipinski definition) is 0. The molecule has 4 heteroatoms. The van der Waals surface area contributed by atoms with Crippen molar-refractivity contribution < 1.29 is 0 Å². The molecule has 1 aliphatic heterocycles. The highest BCUT2D eigenvalue weighted by Crippen LogP contribution is 2.66. The van der Waals surface area contributed by atoms with E-state index in [0.29, 0.717) is 0 Å². The molecule has 0 aromatic heterocycles. The molecule has 1 saturated heterocycles. The van der Waals surface area contributed by atoms with Gasteiger partial charge in [-0.05, 0) is 0 Å². The fraction of sp³-hybridized carbons (Fsp3) is 1.00. The Morgan fingerprint density at radius 2 is 1.00 bits per heavy atom. The minimum Gasteiger partial charge on any atom is -0.298 e. The van der Waals surface area contributed by atoms with E-state index in [2.05, 4.69) is 36.7 Å². The van der Waals surface area contributed by atoms with Gasteiger partial charge in [-0.15, -0.1) is 0 Å². The Kier molecular flexibility index (Phi) is 1.44. The predicted molar refractivity (Wildman–Crippen MR) is 50.4 cm³/mol. The lowest BCUT2D eigenvalue weighted by Crippen LogP contribution is -2.33. The van der Waals surface area contributed by atoms with Crippen LogP contribution < -0.4 is 0 Å². The standard InChI is InChI=1S/C4H12B2S2/c1-7(2)5-8(3,4)6-7/h1-4H3. The van der Waals surface area contributed by atoms with Crippen molar-refractivity contribution in [3.63, 3.8) is 0 Å². The van der Waals surface area contributed by atoms with Gasteiger partial charge in [0.05, 0.1) is 0 Å². The van der Waals surface area contributed by atoms with E-state index in [9.17, 15) is 0 Å². The summed E-state index contributed by atoms with van der Waals surface area (Å²) in [6.45, 7) is 0. The van der Waals surface area contributed by atoms with Gasteiger partial charge in [-0.1, -0.05) is 25.0 Å². The highest BCUT2D eigenvalue weighted by molar-refractivity contribution is 9.10. The summed E-state index contributed by atoms with van der Waals surface area (Å²) in [6, 6.07) is 0. The third-order valence-corrected chi connectivity index (χ3v) is 8.93. The summed E-state index contributed by atoms with van der Waals surface area (Å²) in [4.78, 5) is 0. The number of hydrogen-bond donors (Lipinski definition) is 0. The molecule has 1 fully saturated rings. The van der Waals surface area contributed by atoms with E-state index in [1.807, 2.05) is 0 Å². The van der Waals surface area contributed by atoms with Crippen molar-refractivity contribution in [2.45, 2.75) is 0 Å². The summed E-state index contributed by atoms with van der Waals surface area (Å²) in [6.07, 6.45) is 9.35. The Hall–Kier alpha value is 0.830. The van der Waals surface area contributed by atoms with Crippen molar-refractivity contribution in [2.24, 2.45) is 0 Å². The van der Waals surface area contributed by atoms with Crippen molar-refractivity contribution in [2.75, 3.05) is 25.0 Å². The van der Waals surface area contributed by atoms with E-state index in [-0.39, 0.29) is 19.5 Å². The maximum absolute atomic E-state index is 2.54. The average Bonchev–Trinajstić information content (AvgIpc) is 1.20. The Balaban J connectivity index is 2.42. The summed E-state index contributed by atoms with van der Waals surface area (Å²) >= 11 is 0. The second-order valence-corrected chi connectivity index (χ2v) is 10.7. The molecule has 1 heterocycles. The van der Waals surface area contributed by atoms with Gasteiger partial charge in [0.25, 0.3) is 0 Å². The molecule has 1 aliphatic rings. The van der Waals surface area contributed by atoms with Gasteiger partial charge in [0.2, 0.25) is 11.7 Å². The molecule has 0 saturated carbocycles. The van der Waals surface area contributed by atoms with Gasteiger partial charge < -0.3 is 0 Å². The van der Waals surface area contributed by atoms with Crippen molar-refractivity contribution in [3.05, 3.63) is 0 Å². The molecule has 0 spiro atoms. The van der Waals surface area contributed by atoms with Crippen LogP contribution in [0.3, 0.4) is 0 Å². The molecule has 0 bridgehead atoms. The molecule has 0 aliphatic carbocycles. The van der Waals surface area contributed by atoms with Gasteiger partial charge in [0.1, 0.15) is 0 Å². The first-order chi connectivity index (χ1) is 3.41. The third-order valence-electron chi connectivity index (χ3n) is 0.992. The monoisotopic (exact) mass is 146 g/mol. The molecule has 2 radical (unpaired) electrons. The fourth-order valence-corrected chi connectivity index (χ4v) is 11.4. The zero-order valence-electron chi connectivity index (χ0n) is 5.97. The van der Waals surface area contributed by atoms with Crippen molar-refractivity contribution >= 4 is 31.1 Å². The van der Waals surface area contributed by atoms with Gasteiger partial charge in [-0.2, -0.15) is 0 Å². The van der Waals surface area contributed by atoms with Crippen LogP contribution in [0.15, 0.2) is 0 Å². The minimum atomic E-state index is -0.302. The Morgan fingerprint density at radius 3 is 1.00 bits per heavy atom. The van der Waals surface area contributed by atoms with E-state index < -0.39 is 0 Å². The fourth-order valence-electron chi connectivity index (χ4n) is 1.27. The number of rotatable bonds is 0. The smallest absolute Gasteiger partial charge is 0.212 e. The van der Waals surface area contributed by atoms with E-state index in [1.165, 1.54) is 0 Å². The van der Waals surface area contributed by atoms with Crippen LogP contribution in [0.5, 0.6) is 0 Å². The Bertz CT molecular complexity index is 88.6. The average molecular weight is 146 g/mol. The molecular weight excluding hydrogens is 134 g/mol. The van der Waals surface area contributed by atoms with E-state index in [0.717, 1.165) is 0 Å². The predicted octanol–water partition coefficient (Wildman–Crippen LogP) is 1.20. The quantitative estimate of drug-likeness (QED) is 0.450. The Morgan fingerprint density at radius 1 is 0.750 bits per heavy atom. The van der Waals surface area contributed by atoms with Crippen molar-refractivity contribution in [1.82, 2.24) is 0 Å². The summed E-state index contributed by atoms with van der Waals surface area (Å²) in [5.74, 6) is 5.08. The molecule has 0 atom stereocenters. The largest absolute Gasteiger partial charge is 0.298 e. The molecule has 0 amide bonds. The summed E-state index contributed by atoms with van der Waals surface area (Å²) in [5.41, 5.74) is 0. The molecule has 46 valence electrons. The molecule has 8 heavy (non-hydrogen) atoms. The topological polar surface area (TPSA) is 0 Å². The summed E-state index contributed by atoms with van der Waals surface area (Å²) in [7, 11) is -0.604. The second-order valence-electron chi connectivity index (χ2n) is 3.17. The van der Waals surface area contributed by atoms with Crippen LogP contribution in [0.1, 0.15) is 0 Å². The van der Waals surface area contributed by atoms with Crippen molar-refractivity contribution in [3.8, 4) is 0 Å². The van der Waals surface area contributed by atoms with Crippen molar-refractivity contribution in [1.29, 1.82) is 0 Å². The van der Waals surface area contributed by atoms with Crippen LogP contribution in [-0.4, -0.2) is 36.7 Å². The van der Waals surface area contributed by atoms with Crippen LogP contribution in [0.25, 0.3) is 0 Å². The lowest BCUT2D eigenvalue weighted by Gasteiger charge is -2.55. The zero-order valence-corrected chi connectivity index (χ0v) is 7.60. The highest BCUT2D eigenvalue weighted by Gasteiger charge is 2.38. The molecule has 1 rings (SSSR count). The van der Waals surface area contributed by atoms with E-state index >= 15 is 0 Å². The van der Waals surface area contributed by atoms with Crippen LogP contribution in [0.2, 0.25) is 0 Å². The maximum Gasteiger partial charge on any atom is 0.212 e. The molecule has 0 aromatic rings. The van der Waals surface area contributed by atoms with Crippen LogP contribution in [0.4, 0.5) is 0 Å². The lowest BCUT2D eigenvalue weighted by atomic mass is 10.6. The lowest BCUT2D eigenvalue weighted by molar-refractivity contribution is 2.28. The first kappa shape index (κ1) is 6.94. The van der Waals surface area contributed by atoms with Gasteiger partial charge in [-0.3, -0.25) is 19.5 Å². The summed E-state index contributed by atoms with van der Waals surface area (Å²) in [5, 5.41) is 0. The maximum atomic E-state index is 2.54. The molecule has 0 aromatic carbocycles. The Labute approximate surface area is 56.5 Å². The van der Waals surface area contributed by atoms with Crippen LogP contribution in [0, 0.1) is 0 Å². The summed E-state index contributed by atoms with van der Waals surface area (Å²) < 4.78 is 0. The first-order valence-corrected chi connectivity index (χ1v) is 7.73. The second kappa shape index (κ2) is 1.66. The molecule has 0 N–H and O–H groups in total. The van der Waals surface area contributed by atoms with E-state index in [4.69, 9.17) is 0 Å². The van der Waals surface area contributed by atoms with Gasteiger partial charge in [0.15, 0.2) is 0 Å².